The number of carbonyl (C=O) groups excluding carboxylic acids is 1. The van der Waals surface area contributed by atoms with Crippen molar-refractivity contribution in [1.29, 1.82) is 0 Å². The Labute approximate surface area is 78.0 Å². The van der Waals surface area contributed by atoms with Gasteiger partial charge in [-0.2, -0.15) is 11.8 Å². The van der Waals surface area contributed by atoms with E-state index in [1.165, 1.54) is 7.11 Å². The molecule has 72 valence electrons. The molecule has 1 unspecified atom stereocenters. The minimum absolute atomic E-state index is 0.146. The molecule has 2 N–H and O–H groups in total. The lowest BCUT2D eigenvalue weighted by Gasteiger charge is -2.06. The maximum atomic E-state index is 10.7. The Balaban J connectivity index is 3.15. The summed E-state index contributed by atoms with van der Waals surface area (Å²) in [6.45, 7) is 2.06. The zero-order valence-corrected chi connectivity index (χ0v) is 8.52. The van der Waals surface area contributed by atoms with Crippen molar-refractivity contribution in [2.45, 2.75) is 25.8 Å². The van der Waals surface area contributed by atoms with E-state index in [0.717, 1.165) is 17.9 Å². The van der Waals surface area contributed by atoms with E-state index in [1.54, 1.807) is 11.8 Å². The summed E-state index contributed by atoms with van der Waals surface area (Å²) in [4.78, 5) is 10.7. The molecule has 12 heavy (non-hydrogen) atoms. The molecule has 0 radical (unpaired) electrons. The van der Waals surface area contributed by atoms with Crippen LogP contribution in [0.25, 0.3) is 0 Å². The van der Waals surface area contributed by atoms with Crippen LogP contribution in [0.5, 0.6) is 0 Å². The highest BCUT2D eigenvalue weighted by molar-refractivity contribution is 7.99. The summed E-state index contributed by atoms with van der Waals surface area (Å²) in [6, 6.07) is 0.257. The molecule has 0 rings (SSSR count). The molecule has 0 bridgehead atoms. The number of carbonyl (C=O) groups is 1. The van der Waals surface area contributed by atoms with Gasteiger partial charge in [-0.3, -0.25) is 4.79 Å². The number of nitrogens with two attached hydrogens (primary N) is 1. The molecule has 0 saturated carbocycles. The quantitative estimate of drug-likeness (QED) is 0.503. The van der Waals surface area contributed by atoms with Gasteiger partial charge in [0.05, 0.1) is 13.5 Å². The van der Waals surface area contributed by atoms with E-state index in [-0.39, 0.29) is 12.0 Å². The predicted octanol–water partition coefficient (Wildman–Crippen LogP) is 1.02. The molecule has 0 aliphatic heterocycles. The van der Waals surface area contributed by atoms with Crippen LogP contribution in [0.2, 0.25) is 0 Å². The number of methoxy groups -OCH3 is 1. The van der Waals surface area contributed by atoms with Gasteiger partial charge in [0.15, 0.2) is 0 Å². The molecule has 1 atom stereocenters. The number of rotatable bonds is 6. The molecule has 0 heterocycles. The predicted molar refractivity (Wildman–Crippen MR) is 52.2 cm³/mol. The van der Waals surface area contributed by atoms with Gasteiger partial charge in [0.1, 0.15) is 0 Å². The number of ether oxygens (including phenoxy) is 1. The van der Waals surface area contributed by atoms with Crippen LogP contribution in [0, 0.1) is 0 Å². The van der Waals surface area contributed by atoms with Crippen molar-refractivity contribution in [3.63, 3.8) is 0 Å². The van der Waals surface area contributed by atoms with Gasteiger partial charge < -0.3 is 10.5 Å². The minimum atomic E-state index is -0.146. The molecule has 0 aliphatic rings. The zero-order valence-electron chi connectivity index (χ0n) is 7.71. The van der Waals surface area contributed by atoms with Crippen LogP contribution >= 0.6 is 11.8 Å². The summed E-state index contributed by atoms with van der Waals surface area (Å²) in [5, 5.41) is 0. The number of hydrogen-bond acceptors (Lipinski definition) is 4. The van der Waals surface area contributed by atoms with Crippen LogP contribution in [0.1, 0.15) is 19.8 Å². The minimum Gasteiger partial charge on any atom is -0.469 e. The van der Waals surface area contributed by atoms with Crippen molar-refractivity contribution in [1.82, 2.24) is 0 Å². The SMILES string of the molecule is CCC(N)CSCCC(=O)OC. The Hall–Kier alpha value is -0.220. The fourth-order valence-corrected chi connectivity index (χ4v) is 1.63. The monoisotopic (exact) mass is 191 g/mol. The number of thioether (sulfide) groups is 1. The van der Waals surface area contributed by atoms with Gasteiger partial charge >= 0.3 is 5.97 Å². The van der Waals surface area contributed by atoms with Crippen LogP contribution in [0.3, 0.4) is 0 Å². The van der Waals surface area contributed by atoms with Crippen molar-refractivity contribution in [3.8, 4) is 0 Å². The molecule has 4 heteroatoms. The molecule has 0 amide bonds. The van der Waals surface area contributed by atoms with Crippen molar-refractivity contribution in [2.24, 2.45) is 5.73 Å². The smallest absolute Gasteiger partial charge is 0.306 e. The fraction of sp³-hybridized carbons (Fsp3) is 0.875. The number of hydrogen-bond donors (Lipinski definition) is 1. The van der Waals surface area contributed by atoms with Crippen LogP contribution in [-0.2, 0) is 9.53 Å². The average molecular weight is 191 g/mol. The normalized spacial score (nSPS) is 12.6. The highest BCUT2D eigenvalue weighted by Gasteiger charge is 2.02. The summed E-state index contributed by atoms with van der Waals surface area (Å²) >= 11 is 1.70. The molecule has 0 aliphatic carbocycles. The van der Waals surface area contributed by atoms with E-state index >= 15 is 0 Å². The Morgan fingerprint density at radius 1 is 1.67 bits per heavy atom. The van der Waals surface area contributed by atoms with E-state index in [2.05, 4.69) is 11.7 Å². The lowest BCUT2D eigenvalue weighted by atomic mass is 10.3. The maximum absolute atomic E-state index is 10.7. The third-order valence-electron chi connectivity index (χ3n) is 1.53. The van der Waals surface area contributed by atoms with Crippen molar-refractivity contribution < 1.29 is 9.53 Å². The molecule has 0 aromatic rings. The lowest BCUT2D eigenvalue weighted by Crippen LogP contribution is -2.21. The van der Waals surface area contributed by atoms with Gasteiger partial charge in [0.25, 0.3) is 0 Å². The fourth-order valence-electron chi connectivity index (χ4n) is 0.610. The molecular formula is C8H17NO2S. The standard InChI is InChI=1S/C8H17NO2S/c1-3-7(9)6-12-5-4-8(10)11-2/h7H,3-6,9H2,1-2H3. The van der Waals surface area contributed by atoms with E-state index < -0.39 is 0 Å². The van der Waals surface area contributed by atoms with Gasteiger partial charge in [-0.15, -0.1) is 0 Å². The van der Waals surface area contributed by atoms with Crippen molar-refractivity contribution in [2.75, 3.05) is 18.6 Å². The van der Waals surface area contributed by atoms with Crippen molar-refractivity contribution in [3.05, 3.63) is 0 Å². The third-order valence-corrected chi connectivity index (χ3v) is 2.69. The molecule has 0 spiro atoms. The Bertz CT molecular complexity index is 130. The Morgan fingerprint density at radius 3 is 2.83 bits per heavy atom. The molecule has 3 nitrogen and oxygen atoms in total. The second-order valence-corrected chi connectivity index (χ2v) is 3.72. The van der Waals surface area contributed by atoms with Gasteiger partial charge in [-0.25, -0.2) is 0 Å². The summed E-state index contributed by atoms with van der Waals surface area (Å²) in [6.07, 6.45) is 1.48. The van der Waals surface area contributed by atoms with Crippen LogP contribution in [-0.4, -0.2) is 30.6 Å². The lowest BCUT2D eigenvalue weighted by molar-refractivity contribution is -0.140. The van der Waals surface area contributed by atoms with Crippen LogP contribution in [0.4, 0.5) is 0 Å². The highest BCUT2D eigenvalue weighted by Crippen LogP contribution is 2.05. The Morgan fingerprint density at radius 2 is 2.33 bits per heavy atom. The van der Waals surface area contributed by atoms with Crippen LogP contribution < -0.4 is 5.73 Å². The van der Waals surface area contributed by atoms with E-state index in [9.17, 15) is 4.79 Å². The van der Waals surface area contributed by atoms with Gasteiger partial charge in [-0.1, -0.05) is 6.92 Å². The highest BCUT2D eigenvalue weighted by atomic mass is 32.2. The summed E-state index contributed by atoms with van der Waals surface area (Å²) in [7, 11) is 1.41. The second-order valence-electron chi connectivity index (χ2n) is 2.57. The summed E-state index contributed by atoms with van der Waals surface area (Å²) < 4.78 is 4.50. The zero-order chi connectivity index (χ0) is 9.40. The van der Waals surface area contributed by atoms with E-state index in [0.29, 0.717) is 6.42 Å². The second kappa shape index (κ2) is 7.43. The molecule has 0 aromatic heterocycles. The van der Waals surface area contributed by atoms with E-state index in [1.807, 2.05) is 0 Å². The molecule has 0 saturated heterocycles. The first-order valence-corrected chi connectivity index (χ1v) is 5.26. The summed E-state index contributed by atoms with van der Waals surface area (Å²) in [5.41, 5.74) is 5.69. The van der Waals surface area contributed by atoms with Gasteiger partial charge in [0, 0.05) is 17.5 Å². The molecule has 0 fully saturated rings. The topological polar surface area (TPSA) is 52.3 Å². The van der Waals surface area contributed by atoms with E-state index in [4.69, 9.17) is 5.73 Å². The third kappa shape index (κ3) is 6.49. The largest absolute Gasteiger partial charge is 0.469 e. The Kier molecular flexibility index (Phi) is 7.29. The van der Waals surface area contributed by atoms with Gasteiger partial charge in [0.2, 0.25) is 0 Å². The molecule has 0 aromatic carbocycles. The summed E-state index contributed by atoms with van der Waals surface area (Å²) in [5.74, 6) is 1.58. The van der Waals surface area contributed by atoms with Crippen molar-refractivity contribution >= 4 is 17.7 Å². The number of esters is 1. The first-order valence-electron chi connectivity index (χ1n) is 4.10. The first kappa shape index (κ1) is 11.8. The maximum Gasteiger partial charge on any atom is 0.306 e. The first-order chi connectivity index (χ1) is 5.70. The molecular weight excluding hydrogens is 174 g/mol. The average Bonchev–Trinajstić information content (AvgIpc) is 2.11. The van der Waals surface area contributed by atoms with Crippen LogP contribution in [0.15, 0.2) is 0 Å². The van der Waals surface area contributed by atoms with Gasteiger partial charge in [-0.05, 0) is 6.42 Å².